The molecule has 0 amide bonds. The number of hydrogen-bond acceptors (Lipinski definition) is 0. The lowest BCUT2D eigenvalue weighted by molar-refractivity contribution is 0.660. The number of rotatable bonds is 12. The Hall–Kier alpha value is -18.2. The first-order valence-corrected chi connectivity index (χ1v) is 52.4. The van der Waals surface area contributed by atoms with Gasteiger partial charge in [-0.05, 0) is 341 Å². The molecule has 0 unspecified atom stereocenters. The summed E-state index contributed by atoms with van der Waals surface area (Å²) in [5.41, 5.74) is 46.3. The Morgan fingerprint density at radius 3 is 0.691 bits per heavy atom. The van der Waals surface area contributed by atoms with Crippen molar-refractivity contribution in [1.29, 1.82) is 0 Å². The van der Waals surface area contributed by atoms with Gasteiger partial charge in [-0.1, -0.05) is 521 Å². The topological polar surface area (TPSA) is 0 Å². The highest BCUT2D eigenvalue weighted by Crippen LogP contribution is 2.58. The first-order chi connectivity index (χ1) is 73.2. The second kappa shape index (κ2) is 36.2. The second-order valence-corrected chi connectivity index (χ2v) is 42.3. The van der Waals surface area contributed by atoms with Crippen LogP contribution in [0.3, 0.4) is 0 Å². The van der Waals surface area contributed by atoms with E-state index in [0.29, 0.717) is 0 Å². The van der Waals surface area contributed by atoms with E-state index in [9.17, 15) is 0 Å². The molecule has 0 fully saturated rings. The zero-order chi connectivity index (χ0) is 99.7. The standard InChI is InChI=1S/C54H40.C48H32.C47H34/c1-53(2)47-19-11-9-15-39(47)41-26-24-37(31-49(41)53)51-43-17-7-8-18-44(43)52(38-25-27-42-40-16-10-12-20-48(40)54(3,4)50(42)32-38)46-30-36(23-28-45(46)51)35-22-21-33-13-5-6-14-34(33)29-35;1-4-13-33(14-5-1)39-28-30-44-45(31-39)47(37-18-8-3-9-19-37)43-29-27-40(34-15-6-2-7-16-34)32-46(43)48(44)38-25-23-36(24-26-38)42-22-12-20-35-17-10-11-21-41(35)42;1-47(2)43-21-13-12-20-37(43)38-25-22-36(30-44(38)47)35-24-27-40-42(29-35)46(33-18-10-5-11-19-33)39-26-23-34(31-14-6-3-7-15-31)28-41(39)45(40)32-16-8-4-9-17-32/h5-32H,1-4H3;1-32H;3-30H,1-2H3. The molecule has 0 atom stereocenters. The Balaban J connectivity index is 0.000000110. The molecule has 0 bridgehead atoms. The fraction of sp³-hybridized carbons (Fsp3) is 0.0604. The highest BCUT2D eigenvalue weighted by molar-refractivity contribution is 6.26. The van der Waals surface area contributed by atoms with Crippen LogP contribution in [0.25, 0.3) is 253 Å². The van der Waals surface area contributed by atoms with E-state index in [2.05, 4.69) is 575 Å². The van der Waals surface area contributed by atoms with Crippen molar-refractivity contribution in [2.24, 2.45) is 0 Å². The lowest BCUT2D eigenvalue weighted by Crippen LogP contribution is -2.15. The third-order valence-corrected chi connectivity index (χ3v) is 32.8. The first kappa shape index (κ1) is 89.6. The largest absolute Gasteiger partial charge is 0.0622 e. The molecule has 3 aliphatic rings. The van der Waals surface area contributed by atoms with Crippen LogP contribution < -0.4 is 0 Å². The maximum Gasteiger partial charge on any atom is 0.0159 e. The van der Waals surface area contributed by atoms with Gasteiger partial charge in [0.2, 0.25) is 0 Å². The summed E-state index contributed by atoms with van der Waals surface area (Å²) in [6.45, 7) is 14.2. The fourth-order valence-corrected chi connectivity index (χ4v) is 25.4. The Bertz CT molecular complexity index is 9850. The lowest BCUT2D eigenvalue weighted by atomic mass is 9.79. The van der Waals surface area contributed by atoms with Gasteiger partial charge in [0.25, 0.3) is 0 Å². The van der Waals surface area contributed by atoms with Crippen LogP contribution in [0, 0.1) is 0 Å². The molecular weight excluding hydrogens is 1790 g/mol. The van der Waals surface area contributed by atoms with Crippen molar-refractivity contribution in [2.75, 3.05) is 0 Å². The minimum Gasteiger partial charge on any atom is -0.0622 e. The molecule has 702 valence electrons. The van der Waals surface area contributed by atoms with E-state index in [4.69, 9.17) is 0 Å². The molecule has 0 nitrogen and oxygen atoms in total. The van der Waals surface area contributed by atoms with Gasteiger partial charge >= 0.3 is 0 Å². The fourth-order valence-electron chi connectivity index (χ4n) is 25.4. The molecule has 0 heterocycles. The molecule has 0 heteroatoms. The van der Waals surface area contributed by atoms with E-state index in [-0.39, 0.29) is 16.2 Å². The summed E-state index contributed by atoms with van der Waals surface area (Å²) in [6.07, 6.45) is 0. The highest BCUT2D eigenvalue weighted by Gasteiger charge is 2.40. The Labute approximate surface area is 871 Å². The number of benzene rings is 26. The predicted molar refractivity (Wildman–Crippen MR) is 637 cm³/mol. The Morgan fingerprint density at radius 2 is 0.315 bits per heavy atom. The number of fused-ring (bicyclic) bond motifs is 17. The van der Waals surface area contributed by atoms with Gasteiger partial charge in [-0.3, -0.25) is 0 Å². The molecule has 3 aliphatic carbocycles. The molecule has 0 aliphatic heterocycles. The minimum absolute atomic E-state index is 0.0405. The van der Waals surface area contributed by atoms with Crippen molar-refractivity contribution in [3.63, 3.8) is 0 Å². The van der Waals surface area contributed by atoms with Crippen LogP contribution >= 0.6 is 0 Å². The molecular formula is C149H106. The third kappa shape index (κ3) is 15.3. The van der Waals surface area contributed by atoms with Crippen molar-refractivity contribution in [1.82, 2.24) is 0 Å². The average molecular weight is 1900 g/mol. The van der Waals surface area contributed by atoms with Crippen molar-refractivity contribution in [3.8, 4) is 167 Å². The van der Waals surface area contributed by atoms with Crippen LogP contribution in [-0.4, -0.2) is 0 Å². The molecule has 0 N–H and O–H groups in total. The van der Waals surface area contributed by atoms with Crippen LogP contribution in [0.1, 0.15) is 74.9 Å². The summed E-state index contributed by atoms with van der Waals surface area (Å²) < 4.78 is 0. The van der Waals surface area contributed by atoms with Gasteiger partial charge in [-0.25, -0.2) is 0 Å². The van der Waals surface area contributed by atoms with E-state index < -0.39 is 0 Å². The summed E-state index contributed by atoms with van der Waals surface area (Å²) in [7, 11) is 0. The SMILES string of the molecule is CC1(C)c2ccccc2-c2ccc(-c3c4ccccc4c(-c4ccc5c(c4)C(C)(C)c4ccccc4-5)c4cc(-c5ccc6ccccc6c5)ccc34)cc21.CC1(C)c2ccccc2-c2ccc(-c3ccc4c(-c5ccccc5)c5cc(-c6ccccc6)ccc5c(-c5ccccc5)c4c3)cc21.c1ccc(-c2ccc3c(-c4ccc(-c5cccc6ccccc56)cc4)c4cc(-c5ccccc5)ccc4c(-c4ccccc4)c3c2)cc1. The predicted octanol–water partition coefficient (Wildman–Crippen LogP) is 41.2. The van der Waals surface area contributed by atoms with Gasteiger partial charge in [0.15, 0.2) is 0 Å². The summed E-state index contributed by atoms with van der Waals surface area (Å²) in [5.74, 6) is 0. The normalized spacial score (nSPS) is 13.1. The molecule has 26 aromatic rings. The summed E-state index contributed by atoms with van der Waals surface area (Å²) in [5, 5.41) is 20.3. The molecule has 0 saturated carbocycles. The summed E-state index contributed by atoms with van der Waals surface area (Å²) in [6, 6.07) is 198. The molecule has 0 aromatic heterocycles. The van der Waals surface area contributed by atoms with Gasteiger partial charge in [0, 0.05) is 16.2 Å². The monoisotopic (exact) mass is 1890 g/mol. The van der Waals surface area contributed by atoms with E-state index in [0.717, 1.165) is 0 Å². The van der Waals surface area contributed by atoms with Crippen molar-refractivity contribution in [2.45, 2.75) is 57.8 Å². The summed E-state index contributed by atoms with van der Waals surface area (Å²) in [4.78, 5) is 0. The van der Waals surface area contributed by atoms with Crippen molar-refractivity contribution < 1.29 is 0 Å². The van der Waals surface area contributed by atoms with Crippen LogP contribution in [0.2, 0.25) is 0 Å². The molecule has 29 rings (SSSR count). The van der Waals surface area contributed by atoms with Crippen molar-refractivity contribution in [3.05, 3.63) is 567 Å². The van der Waals surface area contributed by atoms with Crippen LogP contribution in [-0.2, 0) is 16.2 Å². The quantitative estimate of drug-likeness (QED) is 0.107. The van der Waals surface area contributed by atoms with Crippen LogP contribution in [0.5, 0.6) is 0 Å². The van der Waals surface area contributed by atoms with Gasteiger partial charge in [0.1, 0.15) is 0 Å². The van der Waals surface area contributed by atoms with Crippen molar-refractivity contribution >= 4 is 86.2 Å². The zero-order valence-corrected chi connectivity index (χ0v) is 84.3. The van der Waals surface area contributed by atoms with Crippen LogP contribution in [0.4, 0.5) is 0 Å². The molecule has 149 heavy (non-hydrogen) atoms. The molecule has 0 radical (unpaired) electrons. The zero-order valence-electron chi connectivity index (χ0n) is 84.3. The lowest BCUT2D eigenvalue weighted by Gasteiger charge is -2.24. The van der Waals surface area contributed by atoms with Gasteiger partial charge in [0.05, 0.1) is 0 Å². The van der Waals surface area contributed by atoms with Gasteiger partial charge < -0.3 is 0 Å². The molecule has 0 saturated heterocycles. The minimum atomic E-state index is -0.0848. The van der Waals surface area contributed by atoms with E-state index in [1.54, 1.807) is 0 Å². The van der Waals surface area contributed by atoms with Gasteiger partial charge in [-0.2, -0.15) is 0 Å². The maximum atomic E-state index is 2.49. The van der Waals surface area contributed by atoms with Gasteiger partial charge in [-0.15, -0.1) is 0 Å². The van der Waals surface area contributed by atoms with E-state index in [1.165, 1.54) is 286 Å². The second-order valence-electron chi connectivity index (χ2n) is 42.3. The maximum absolute atomic E-state index is 2.49. The average Bonchev–Trinajstić information content (AvgIpc) is 1.21. The molecule has 0 spiro atoms. The summed E-state index contributed by atoms with van der Waals surface area (Å²) >= 11 is 0. The van der Waals surface area contributed by atoms with E-state index in [1.807, 2.05) is 0 Å². The smallest absolute Gasteiger partial charge is 0.0159 e. The van der Waals surface area contributed by atoms with E-state index >= 15 is 0 Å². The highest BCUT2D eigenvalue weighted by atomic mass is 14.4. The number of hydrogen-bond donors (Lipinski definition) is 0. The van der Waals surface area contributed by atoms with Crippen LogP contribution in [0.15, 0.2) is 534 Å². The first-order valence-electron chi connectivity index (χ1n) is 52.4. The Morgan fingerprint density at radius 1 is 0.101 bits per heavy atom. The molecule has 26 aromatic carbocycles. The third-order valence-electron chi connectivity index (χ3n) is 32.8. The Kier molecular flexibility index (Phi) is 21.8.